The van der Waals surface area contributed by atoms with Crippen LogP contribution in [0.15, 0.2) is 12.1 Å². The van der Waals surface area contributed by atoms with E-state index < -0.39 is 0 Å². The molecule has 1 fully saturated rings. The molecular weight excluding hydrogens is 214 g/mol. The summed E-state index contributed by atoms with van der Waals surface area (Å²) in [6, 6.07) is 3.68. The minimum atomic E-state index is -0.390. The molecule has 1 heterocycles. The van der Waals surface area contributed by atoms with Crippen molar-refractivity contribution in [1.29, 1.82) is 0 Å². The highest BCUT2D eigenvalue weighted by atomic mass is 35.5. The molecule has 0 radical (unpaired) electrons. The molecule has 1 spiro atoms. The zero-order chi connectivity index (χ0) is 10.5. The van der Waals surface area contributed by atoms with Crippen molar-refractivity contribution in [3.63, 3.8) is 0 Å². The van der Waals surface area contributed by atoms with Crippen molar-refractivity contribution in [3.8, 4) is 11.5 Å². The van der Waals surface area contributed by atoms with Crippen molar-refractivity contribution in [1.82, 2.24) is 0 Å². The molecule has 1 aliphatic carbocycles. The molecule has 1 aromatic rings. The maximum Gasteiger partial charge on any atom is 0.251 e. The number of halogens is 1. The molecule has 80 valence electrons. The second-order valence-electron chi connectivity index (χ2n) is 4.06. The molecule has 1 saturated carbocycles. The molecule has 0 saturated heterocycles. The van der Waals surface area contributed by atoms with Crippen molar-refractivity contribution in [2.24, 2.45) is 5.73 Å². The summed E-state index contributed by atoms with van der Waals surface area (Å²) in [5.74, 6) is 1.13. The summed E-state index contributed by atoms with van der Waals surface area (Å²) in [6.07, 6.45) is 3.07. The van der Waals surface area contributed by atoms with Crippen LogP contribution in [0.1, 0.15) is 24.8 Å². The average molecular weight is 226 g/mol. The van der Waals surface area contributed by atoms with E-state index in [0.717, 1.165) is 36.3 Å². The third kappa shape index (κ3) is 1.30. The van der Waals surface area contributed by atoms with Gasteiger partial charge in [0, 0.05) is 30.5 Å². The summed E-state index contributed by atoms with van der Waals surface area (Å²) in [4.78, 5) is 0. The standard InChI is InChI=1S/C11H12ClNO2/c12-8-5-10-9(4-7(8)6-13)14-11(15-10)2-1-3-11/h4-5H,1-3,6,13H2. The van der Waals surface area contributed by atoms with Gasteiger partial charge in [-0.15, -0.1) is 0 Å². The fourth-order valence-electron chi connectivity index (χ4n) is 1.98. The van der Waals surface area contributed by atoms with Gasteiger partial charge in [-0.25, -0.2) is 0 Å². The third-order valence-corrected chi connectivity index (χ3v) is 3.39. The number of fused-ring (bicyclic) bond motifs is 1. The van der Waals surface area contributed by atoms with Gasteiger partial charge in [0.2, 0.25) is 0 Å². The van der Waals surface area contributed by atoms with Crippen LogP contribution in [-0.2, 0) is 6.54 Å². The lowest BCUT2D eigenvalue weighted by Crippen LogP contribution is -2.45. The van der Waals surface area contributed by atoms with Crippen molar-refractivity contribution in [3.05, 3.63) is 22.7 Å². The normalized spacial score (nSPS) is 20.4. The molecule has 1 aromatic carbocycles. The highest BCUT2D eigenvalue weighted by Crippen LogP contribution is 2.49. The summed E-state index contributed by atoms with van der Waals surface area (Å²) in [5.41, 5.74) is 6.48. The second-order valence-corrected chi connectivity index (χ2v) is 4.47. The third-order valence-electron chi connectivity index (χ3n) is 3.04. The molecule has 4 heteroatoms. The van der Waals surface area contributed by atoms with Gasteiger partial charge >= 0.3 is 0 Å². The minimum Gasteiger partial charge on any atom is -0.448 e. The van der Waals surface area contributed by atoms with Gasteiger partial charge in [-0.05, 0) is 18.1 Å². The Hall–Kier alpha value is -0.930. The predicted octanol–water partition coefficient (Wildman–Crippen LogP) is 2.45. The van der Waals surface area contributed by atoms with Crippen LogP contribution in [0.5, 0.6) is 11.5 Å². The fourth-order valence-corrected chi connectivity index (χ4v) is 2.22. The van der Waals surface area contributed by atoms with Crippen molar-refractivity contribution in [2.45, 2.75) is 31.6 Å². The topological polar surface area (TPSA) is 44.5 Å². The molecule has 0 amide bonds. The first-order valence-electron chi connectivity index (χ1n) is 5.13. The van der Waals surface area contributed by atoms with E-state index in [2.05, 4.69) is 0 Å². The molecular formula is C11H12ClNO2. The van der Waals surface area contributed by atoms with Gasteiger partial charge < -0.3 is 15.2 Å². The Balaban J connectivity index is 1.99. The summed E-state index contributed by atoms with van der Waals surface area (Å²) in [5, 5.41) is 0.649. The summed E-state index contributed by atoms with van der Waals surface area (Å²) >= 11 is 6.05. The molecule has 2 N–H and O–H groups in total. The summed E-state index contributed by atoms with van der Waals surface area (Å²) < 4.78 is 11.6. The predicted molar refractivity (Wildman–Crippen MR) is 57.2 cm³/mol. The molecule has 2 aliphatic rings. The zero-order valence-electron chi connectivity index (χ0n) is 8.25. The van der Waals surface area contributed by atoms with Gasteiger partial charge in [0.15, 0.2) is 11.5 Å². The van der Waals surface area contributed by atoms with Crippen molar-refractivity contribution >= 4 is 11.6 Å². The van der Waals surface area contributed by atoms with E-state index in [4.69, 9.17) is 26.8 Å². The Morgan fingerprint density at radius 3 is 2.47 bits per heavy atom. The SMILES string of the molecule is NCc1cc2c(cc1Cl)OC1(CCC1)O2. The van der Waals surface area contributed by atoms with Crippen molar-refractivity contribution < 1.29 is 9.47 Å². The van der Waals surface area contributed by atoms with E-state index in [-0.39, 0.29) is 5.79 Å². The van der Waals surface area contributed by atoms with Crippen LogP contribution in [0.2, 0.25) is 5.02 Å². The smallest absolute Gasteiger partial charge is 0.251 e. The van der Waals surface area contributed by atoms with Crippen molar-refractivity contribution in [2.75, 3.05) is 0 Å². The zero-order valence-corrected chi connectivity index (χ0v) is 9.01. The number of rotatable bonds is 1. The Morgan fingerprint density at radius 2 is 1.93 bits per heavy atom. The van der Waals surface area contributed by atoms with E-state index >= 15 is 0 Å². The molecule has 0 aromatic heterocycles. The van der Waals surface area contributed by atoms with E-state index in [1.165, 1.54) is 0 Å². The molecule has 0 atom stereocenters. The number of hydrogen-bond acceptors (Lipinski definition) is 3. The summed E-state index contributed by atoms with van der Waals surface area (Å²) in [6.45, 7) is 0.419. The highest BCUT2D eigenvalue weighted by molar-refractivity contribution is 6.31. The van der Waals surface area contributed by atoms with Gasteiger partial charge in [-0.2, -0.15) is 0 Å². The average Bonchev–Trinajstić information content (AvgIpc) is 2.54. The van der Waals surface area contributed by atoms with E-state index in [1.54, 1.807) is 6.07 Å². The van der Waals surface area contributed by atoms with E-state index in [0.29, 0.717) is 11.6 Å². The van der Waals surface area contributed by atoms with Gasteiger partial charge in [0.05, 0.1) is 0 Å². The first-order chi connectivity index (χ1) is 7.22. The second kappa shape index (κ2) is 3.03. The lowest BCUT2D eigenvalue weighted by atomic mass is 9.91. The van der Waals surface area contributed by atoms with Gasteiger partial charge in [0.25, 0.3) is 5.79 Å². The van der Waals surface area contributed by atoms with Crippen LogP contribution in [0.25, 0.3) is 0 Å². The number of ether oxygens (including phenoxy) is 2. The highest BCUT2D eigenvalue weighted by Gasteiger charge is 2.47. The number of nitrogens with two attached hydrogens (primary N) is 1. The van der Waals surface area contributed by atoms with Crippen LogP contribution in [0.3, 0.4) is 0 Å². The quantitative estimate of drug-likeness (QED) is 0.799. The van der Waals surface area contributed by atoms with Crippen LogP contribution < -0.4 is 15.2 Å². The number of benzene rings is 1. The lowest BCUT2D eigenvalue weighted by Gasteiger charge is -2.35. The lowest BCUT2D eigenvalue weighted by molar-refractivity contribution is -0.138. The van der Waals surface area contributed by atoms with E-state index in [9.17, 15) is 0 Å². The maximum atomic E-state index is 6.05. The summed E-state index contributed by atoms with van der Waals surface area (Å²) in [7, 11) is 0. The van der Waals surface area contributed by atoms with Crippen LogP contribution in [0.4, 0.5) is 0 Å². The van der Waals surface area contributed by atoms with E-state index in [1.807, 2.05) is 6.07 Å². The first-order valence-corrected chi connectivity index (χ1v) is 5.51. The largest absolute Gasteiger partial charge is 0.448 e. The Morgan fingerprint density at radius 1 is 1.27 bits per heavy atom. The maximum absolute atomic E-state index is 6.05. The van der Waals surface area contributed by atoms with Gasteiger partial charge in [-0.1, -0.05) is 11.6 Å². The molecule has 3 nitrogen and oxygen atoms in total. The molecule has 0 unspecified atom stereocenters. The minimum absolute atomic E-state index is 0.390. The number of hydrogen-bond donors (Lipinski definition) is 1. The Kier molecular flexibility index (Phi) is 1.88. The van der Waals surface area contributed by atoms with Crippen LogP contribution in [0, 0.1) is 0 Å². The monoisotopic (exact) mass is 225 g/mol. The molecule has 1 aliphatic heterocycles. The molecule has 0 bridgehead atoms. The Labute approximate surface area is 93.1 Å². The van der Waals surface area contributed by atoms with Crippen LogP contribution in [-0.4, -0.2) is 5.79 Å². The van der Waals surface area contributed by atoms with Gasteiger partial charge in [0.1, 0.15) is 0 Å². The molecule has 15 heavy (non-hydrogen) atoms. The first kappa shape index (κ1) is 9.31. The Bertz CT molecular complexity index is 415. The fraction of sp³-hybridized carbons (Fsp3) is 0.455. The van der Waals surface area contributed by atoms with Crippen LogP contribution >= 0.6 is 11.6 Å². The molecule has 3 rings (SSSR count). The van der Waals surface area contributed by atoms with Gasteiger partial charge in [-0.3, -0.25) is 0 Å².